The maximum Gasteiger partial charge on any atom is 0.237 e. The Labute approximate surface area is 109 Å². The molecule has 0 saturated carbocycles. The molecule has 0 unspecified atom stereocenters. The fraction of sp³-hybridized carbons (Fsp3) is 0.500. The van der Waals surface area contributed by atoms with Crippen molar-refractivity contribution in [3.63, 3.8) is 0 Å². The lowest BCUT2D eigenvalue weighted by Gasteiger charge is -2.38. The summed E-state index contributed by atoms with van der Waals surface area (Å²) in [6.07, 6.45) is 2.95. The average Bonchev–Trinajstić information content (AvgIpc) is 2.26. The lowest BCUT2D eigenvalue weighted by atomic mass is 10.0. The van der Waals surface area contributed by atoms with Gasteiger partial charge in [0.15, 0.2) is 5.15 Å². The zero-order valence-electron chi connectivity index (χ0n) is 8.97. The first-order chi connectivity index (χ1) is 8.19. The van der Waals surface area contributed by atoms with E-state index in [1.165, 1.54) is 12.4 Å². The van der Waals surface area contributed by atoms with Gasteiger partial charge in [0, 0.05) is 19.0 Å². The summed E-state index contributed by atoms with van der Waals surface area (Å²) in [5.41, 5.74) is 0. The molecule has 1 aliphatic rings. The van der Waals surface area contributed by atoms with Crippen LogP contribution in [0.4, 0.5) is 0 Å². The van der Waals surface area contributed by atoms with Gasteiger partial charge in [0.25, 0.3) is 0 Å². The van der Waals surface area contributed by atoms with Gasteiger partial charge in [-0.2, -0.15) is 4.98 Å². The molecule has 1 aromatic heterocycles. The van der Waals surface area contributed by atoms with E-state index in [4.69, 9.17) is 27.9 Å². The van der Waals surface area contributed by atoms with Crippen molar-refractivity contribution in [3.8, 4) is 5.88 Å². The summed E-state index contributed by atoms with van der Waals surface area (Å²) < 4.78 is 5.42. The van der Waals surface area contributed by atoms with Crippen LogP contribution in [0.2, 0.25) is 5.15 Å². The Bertz CT molecular complexity index is 410. The number of carbonyl (C=O) groups is 1. The zero-order valence-corrected chi connectivity index (χ0v) is 10.5. The van der Waals surface area contributed by atoms with Crippen LogP contribution in [0.25, 0.3) is 0 Å². The van der Waals surface area contributed by atoms with Crippen LogP contribution in [-0.4, -0.2) is 46.4 Å². The first-order valence-electron chi connectivity index (χ1n) is 5.13. The average molecular weight is 276 g/mol. The van der Waals surface area contributed by atoms with E-state index in [9.17, 15) is 4.79 Å². The molecule has 0 N–H and O–H groups in total. The fourth-order valence-corrected chi connectivity index (χ4v) is 1.87. The summed E-state index contributed by atoms with van der Waals surface area (Å²) in [4.78, 5) is 20.7. The minimum Gasteiger partial charge on any atom is -0.476 e. The molecule has 7 heteroatoms. The number of nitrogens with zero attached hydrogens (tertiary/aromatic N) is 3. The second-order valence-corrected chi connectivity index (χ2v) is 4.44. The van der Waals surface area contributed by atoms with Gasteiger partial charge in [-0.15, -0.1) is 11.6 Å². The van der Waals surface area contributed by atoms with Crippen LogP contribution in [0.3, 0.4) is 0 Å². The monoisotopic (exact) mass is 275 g/mol. The van der Waals surface area contributed by atoms with Crippen molar-refractivity contribution in [2.75, 3.05) is 25.6 Å². The lowest BCUT2D eigenvalue weighted by Crippen LogP contribution is -2.52. The zero-order chi connectivity index (χ0) is 12.3. The maximum atomic E-state index is 11.2. The van der Waals surface area contributed by atoms with E-state index in [-0.39, 0.29) is 11.8 Å². The number of ether oxygens (including phenoxy) is 1. The molecule has 0 atom stereocenters. The van der Waals surface area contributed by atoms with Gasteiger partial charge in [0.1, 0.15) is 5.88 Å². The standard InChI is InChI=1S/C10H11Cl2N3O2/c11-1-10(16)15-4-7(5-15)6-17-9-3-13-2-8(12)14-9/h2-3,7H,1,4-6H2. The summed E-state index contributed by atoms with van der Waals surface area (Å²) in [7, 11) is 0. The molecule has 5 nitrogen and oxygen atoms in total. The van der Waals surface area contributed by atoms with Crippen molar-refractivity contribution in [3.05, 3.63) is 17.5 Å². The minimum absolute atomic E-state index is 0.0351. The van der Waals surface area contributed by atoms with Crippen LogP contribution in [0.15, 0.2) is 12.4 Å². The fourth-order valence-electron chi connectivity index (χ4n) is 1.56. The largest absolute Gasteiger partial charge is 0.476 e. The highest BCUT2D eigenvalue weighted by Crippen LogP contribution is 2.17. The molecular weight excluding hydrogens is 265 g/mol. The van der Waals surface area contributed by atoms with E-state index >= 15 is 0 Å². The third-order valence-electron chi connectivity index (χ3n) is 2.47. The number of hydrogen-bond acceptors (Lipinski definition) is 4. The number of hydrogen-bond donors (Lipinski definition) is 0. The molecule has 2 heterocycles. The topological polar surface area (TPSA) is 55.3 Å². The number of likely N-dealkylation sites (tertiary alicyclic amines) is 1. The molecule has 0 radical (unpaired) electrons. The summed E-state index contributed by atoms with van der Waals surface area (Å²) in [5, 5.41) is 0.301. The van der Waals surface area contributed by atoms with Gasteiger partial charge in [-0.3, -0.25) is 9.78 Å². The Hall–Kier alpha value is -1.07. The molecular formula is C10H11Cl2N3O2. The molecule has 1 aromatic rings. The highest BCUT2D eigenvalue weighted by Gasteiger charge is 2.30. The Kier molecular flexibility index (Phi) is 4.02. The predicted molar refractivity (Wildman–Crippen MR) is 63.3 cm³/mol. The van der Waals surface area contributed by atoms with Crippen LogP contribution >= 0.6 is 23.2 Å². The van der Waals surface area contributed by atoms with E-state index in [0.717, 1.165) is 0 Å². The van der Waals surface area contributed by atoms with Crippen molar-refractivity contribution in [1.82, 2.24) is 14.9 Å². The summed E-state index contributed by atoms with van der Waals surface area (Å²) in [5.74, 6) is 0.723. The molecule has 1 amide bonds. The number of rotatable bonds is 4. The number of carbonyl (C=O) groups excluding carboxylic acids is 1. The van der Waals surface area contributed by atoms with E-state index in [1.807, 2.05) is 0 Å². The van der Waals surface area contributed by atoms with Crippen molar-refractivity contribution in [2.45, 2.75) is 0 Å². The van der Waals surface area contributed by atoms with Gasteiger partial charge in [0.2, 0.25) is 11.8 Å². The maximum absolute atomic E-state index is 11.2. The van der Waals surface area contributed by atoms with Gasteiger partial charge < -0.3 is 9.64 Å². The Morgan fingerprint density at radius 1 is 1.53 bits per heavy atom. The molecule has 2 rings (SSSR count). The van der Waals surface area contributed by atoms with Gasteiger partial charge in [-0.05, 0) is 0 Å². The lowest BCUT2D eigenvalue weighted by molar-refractivity contribution is -0.135. The van der Waals surface area contributed by atoms with Crippen molar-refractivity contribution in [2.24, 2.45) is 5.92 Å². The van der Waals surface area contributed by atoms with Crippen LogP contribution in [0.1, 0.15) is 0 Å². The first kappa shape index (κ1) is 12.4. The summed E-state index contributed by atoms with van der Waals surface area (Å²) in [6, 6.07) is 0. The van der Waals surface area contributed by atoms with Crippen molar-refractivity contribution >= 4 is 29.1 Å². The molecule has 1 fully saturated rings. The number of amides is 1. The van der Waals surface area contributed by atoms with E-state index < -0.39 is 0 Å². The van der Waals surface area contributed by atoms with Gasteiger partial charge in [-0.1, -0.05) is 11.6 Å². The first-order valence-corrected chi connectivity index (χ1v) is 6.04. The Balaban J connectivity index is 1.73. The van der Waals surface area contributed by atoms with Crippen molar-refractivity contribution in [1.29, 1.82) is 0 Å². The van der Waals surface area contributed by atoms with E-state index in [0.29, 0.717) is 36.6 Å². The third-order valence-corrected chi connectivity index (χ3v) is 2.88. The quantitative estimate of drug-likeness (QED) is 0.775. The van der Waals surface area contributed by atoms with E-state index in [2.05, 4.69) is 9.97 Å². The molecule has 0 aliphatic carbocycles. The second kappa shape index (κ2) is 5.51. The third kappa shape index (κ3) is 3.20. The normalized spacial score (nSPS) is 15.5. The second-order valence-electron chi connectivity index (χ2n) is 3.79. The molecule has 92 valence electrons. The van der Waals surface area contributed by atoms with Crippen LogP contribution < -0.4 is 4.74 Å². The molecule has 0 spiro atoms. The highest BCUT2D eigenvalue weighted by molar-refractivity contribution is 6.29. The van der Waals surface area contributed by atoms with E-state index in [1.54, 1.807) is 4.90 Å². The summed E-state index contributed by atoms with van der Waals surface area (Å²) >= 11 is 11.1. The van der Waals surface area contributed by atoms with Crippen LogP contribution in [0, 0.1) is 5.92 Å². The molecule has 1 aliphatic heterocycles. The summed E-state index contributed by atoms with van der Waals surface area (Å²) in [6.45, 7) is 1.86. The number of halogens is 2. The number of alkyl halides is 1. The van der Waals surface area contributed by atoms with Crippen LogP contribution in [-0.2, 0) is 4.79 Å². The van der Waals surface area contributed by atoms with Gasteiger partial charge in [0.05, 0.1) is 19.0 Å². The molecule has 1 saturated heterocycles. The van der Waals surface area contributed by atoms with Gasteiger partial charge >= 0.3 is 0 Å². The number of aromatic nitrogens is 2. The Morgan fingerprint density at radius 2 is 2.29 bits per heavy atom. The molecule has 0 bridgehead atoms. The Morgan fingerprint density at radius 3 is 2.94 bits per heavy atom. The smallest absolute Gasteiger partial charge is 0.237 e. The molecule has 0 aromatic carbocycles. The molecule has 17 heavy (non-hydrogen) atoms. The van der Waals surface area contributed by atoms with Gasteiger partial charge in [-0.25, -0.2) is 0 Å². The highest BCUT2D eigenvalue weighted by atomic mass is 35.5. The van der Waals surface area contributed by atoms with Crippen molar-refractivity contribution < 1.29 is 9.53 Å². The minimum atomic E-state index is -0.0366. The van der Waals surface area contributed by atoms with Crippen LogP contribution in [0.5, 0.6) is 5.88 Å². The predicted octanol–water partition coefficient (Wildman–Crippen LogP) is 1.21. The SMILES string of the molecule is O=C(CCl)N1CC(COc2cncc(Cl)n2)C1.